The zero-order valence-corrected chi connectivity index (χ0v) is 15.7. The van der Waals surface area contributed by atoms with Gasteiger partial charge in [0, 0.05) is 50.9 Å². The van der Waals surface area contributed by atoms with Crippen LogP contribution in [0.2, 0.25) is 0 Å². The molecule has 0 radical (unpaired) electrons. The Labute approximate surface area is 149 Å². The Bertz CT molecular complexity index is 560. The van der Waals surface area contributed by atoms with Crippen molar-refractivity contribution in [3.63, 3.8) is 0 Å². The van der Waals surface area contributed by atoms with Crippen molar-refractivity contribution >= 4 is 24.2 Å². The third-order valence-electron chi connectivity index (χ3n) is 4.21. The summed E-state index contributed by atoms with van der Waals surface area (Å²) < 4.78 is 1.69. The number of nitrogens with one attached hydrogen (secondary N) is 1. The van der Waals surface area contributed by atoms with Crippen LogP contribution < -0.4 is 5.32 Å². The molecule has 0 aliphatic carbocycles. The van der Waals surface area contributed by atoms with Gasteiger partial charge in [-0.25, -0.2) is 0 Å². The average Bonchev–Trinajstić information content (AvgIpc) is 2.80. The van der Waals surface area contributed by atoms with Crippen LogP contribution in [0.1, 0.15) is 31.9 Å². The van der Waals surface area contributed by atoms with E-state index in [9.17, 15) is 9.59 Å². The molecule has 136 valence electrons. The topological polar surface area (TPSA) is 70.5 Å². The quantitative estimate of drug-likeness (QED) is 0.866. The highest BCUT2D eigenvalue weighted by molar-refractivity contribution is 5.85. The van der Waals surface area contributed by atoms with E-state index in [2.05, 4.69) is 10.4 Å². The maximum absolute atomic E-state index is 12.8. The number of halogens is 1. The van der Waals surface area contributed by atoms with E-state index >= 15 is 0 Å². The molecule has 0 aromatic carbocycles. The summed E-state index contributed by atoms with van der Waals surface area (Å²) in [5, 5.41) is 7.22. The van der Waals surface area contributed by atoms with Crippen LogP contribution in [0.5, 0.6) is 0 Å². The first kappa shape index (κ1) is 20.4. The van der Waals surface area contributed by atoms with Gasteiger partial charge in [-0.1, -0.05) is 13.8 Å². The number of aromatic nitrogens is 2. The summed E-state index contributed by atoms with van der Waals surface area (Å²) in [6.45, 7) is 6.41. The highest BCUT2D eigenvalue weighted by Crippen LogP contribution is 2.17. The normalized spacial score (nSPS) is 16.5. The van der Waals surface area contributed by atoms with Crippen molar-refractivity contribution in [2.24, 2.45) is 13.0 Å². The molecule has 1 unspecified atom stereocenters. The van der Waals surface area contributed by atoms with Crippen LogP contribution >= 0.6 is 12.4 Å². The maximum atomic E-state index is 12.8. The fourth-order valence-corrected chi connectivity index (χ4v) is 2.93. The van der Waals surface area contributed by atoms with Crippen molar-refractivity contribution in [3.8, 4) is 0 Å². The lowest BCUT2D eigenvalue weighted by Gasteiger charge is -2.26. The summed E-state index contributed by atoms with van der Waals surface area (Å²) in [4.78, 5) is 28.7. The van der Waals surface area contributed by atoms with Gasteiger partial charge < -0.3 is 15.1 Å². The molecule has 1 fully saturated rings. The minimum absolute atomic E-state index is 0. The van der Waals surface area contributed by atoms with Crippen molar-refractivity contribution in [2.45, 2.75) is 26.3 Å². The molecule has 1 aromatic heterocycles. The summed E-state index contributed by atoms with van der Waals surface area (Å²) in [5.41, 5.74) is 0.861. The van der Waals surface area contributed by atoms with Crippen molar-refractivity contribution in [1.82, 2.24) is 24.9 Å². The molecule has 0 saturated carbocycles. The van der Waals surface area contributed by atoms with Crippen molar-refractivity contribution in [3.05, 3.63) is 18.0 Å². The molecule has 1 aliphatic heterocycles. The van der Waals surface area contributed by atoms with E-state index in [-0.39, 0.29) is 30.1 Å². The van der Waals surface area contributed by atoms with Crippen LogP contribution in [0.4, 0.5) is 0 Å². The maximum Gasteiger partial charge on any atom is 0.244 e. The second-order valence-electron chi connectivity index (χ2n) is 6.33. The molecule has 7 nitrogen and oxygen atoms in total. The molecule has 24 heavy (non-hydrogen) atoms. The van der Waals surface area contributed by atoms with Crippen molar-refractivity contribution < 1.29 is 9.59 Å². The Morgan fingerprint density at radius 3 is 2.17 bits per heavy atom. The minimum atomic E-state index is -0.393. The molecule has 1 saturated heterocycles. The highest BCUT2D eigenvalue weighted by atomic mass is 35.5. The van der Waals surface area contributed by atoms with E-state index in [1.807, 2.05) is 36.9 Å². The van der Waals surface area contributed by atoms with Crippen molar-refractivity contribution in [1.29, 1.82) is 0 Å². The average molecular weight is 358 g/mol. The van der Waals surface area contributed by atoms with Gasteiger partial charge in [-0.15, -0.1) is 12.4 Å². The molecule has 0 spiro atoms. The van der Waals surface area contributed by atoms with Crippen LogP contribution in [0.15, 0.2) is 12.4 Å². The molecule has 1 aliphatic rings. The molecule has 2 rings (SSSR count). The molecule has 1 atom stereocenters. The fourth-order valence-electron chi connectivity index (χ4n) is 2.93. The van der Waals surface area contributed by atoms with Gasteiger partial charge in [0.2, 0.25) is 11.8 Å². The minimum Gasteiger partial charge on any atom is -0.341 e. The fraction of sp³-hybridized carbons (Fsp3) is 0.688. The first-order valence-corrected chi connectivity index (χ1v) is 8.17. The van der Waals surface area contributed by atoms with E-state index in [1.165, 1.54) is 0 Å². The molecule has 1 N–H and O–H groups in total. The monoisotopic (exact) mass is 357 g/mol. The van der Waals surface area contributed by atoms with E-state index in [0.29, 0.717) is 19.6 Å². The SMILES string of the molecule is CNC(C(=O)N1CCCN(C(=O)C(C)C)CC1)c1cnn(C)c1.Cl. The van der Waals surface area contributed by atoms with Gasteiger partial charge in [0.25, 0.3) is 0 Å². The third-order valence-corrected chi connectivity index (χ3v) is 4.21. The van der Waals surface area contributed by atoms with Gasteiger partial charge >= 0.3 is 0 Å². The number of likely N-dealkylation sites (N-methyl/N-ethyl adjacent to an activating group) is 1. The molecule has 1 aromatic rings. The van der Waals surface area contributed by atoms with E-state index in [4.69, 9.17) is 0 Å². The zero-order chi connectivity index (χ0) is 17.0. The number of aryl methyl sites for hydroxylation is 1. The predicted molar refractivity (Wildman–Crippen MR) is 94.9 cm³/mol. The molecular formula is C16H28ClN5O2. The Morgan fingerprint density at radius 1 is 1.12 bits per heavy atom. The summed E-state index contributed by atoms with van der Waals surface area (Å²) >= 11 is 0. The Morgan fingerprint density at radius 2 is 1.71 bits per heavy atom. The standard InChI is InChI=1S/C16H27N5O2.ClH/c1-12(2)15(22)20-6-5-7-21(9-8-20)16(23)14(17-3)13-10-18-19(4)11-13;/h10-12,14,17H,5-9H2,1-4H3;1H. The first-order valence-electron chi connectivity index (χ1n) is 8.17. The van der Waals surface area contributed by atoms with Crippen LogP contribution in [-0.2, 0) is 16.6 Å². The number of amides is 2. The van der Waals surface area contributed by atoms with Gasteiger partial charge in [-0.05, 0) is 13.5 Å². The molecule has 8 heteroatoms. The number of rotatable bonds is 4. The van der Waals surface area contributed by atoms with Gasteiger partial charge in [0.1, 0.15) is 6.04 Å². The second-order valence-corrected chi connectivity index (χ2v) is 6.33. The Kier molecular flexibility index (Phi) is 7.69. The lowest BCUT2D eigenvalue weighted by atomic mass is 10.1. The first-order chi connectivity index (χ1) is 10.9. The van der Waals surface area contributed by atoms with E-state index in [1.54, 1.807) is 17.9 Å². The number of carbonyl (C=O) groups excluding carboxylic acids is 2. The number of nitrogens with zero attached hydrogens (tertiary/aromatic N) is 4. The third kappa shape index (κ3) is 4.70. The molecule has 0 bridgehead atoms. The zero-order valence-electron chi connectivity index (χ0n) is 14.9. The summed E-state index contributed by atoms with van der Waals surface area (Å²) in [6.07, 6.45) is 4.38. The van der Waals surface area contributed by atoms with Crippen molar-refractivity contribution in [2.75, 3.05) is 33.2 Å². The summed E-state index contributed by atoms with van der Waals surface area (Å²) in [5.74, 6) is 0.203. The number of hydrogen-bond acceptors (Lipinski definition) is 4. The predicted octanol–water partition coefficient (Wildman–Crippen LogP) is 0.819. The molecule has 2 heterocycles. The smallest absolute Gasteiger partial charge is 0.244 e. The Balaban J connectivity index is 0.00000288. The highest BCUT2D eigenvalue weighted by Gasteiger charge is 2.28. The van der Waals surface area contributed by atoms with Gasteiger partial charge in [-0.3, -0.25) is 14.3 Å². The lowest BCUT2D eigenvalue weighted by Crippen LogP contribution is -2.42. The Hall–Kier alpha value is -1.60. The van der Waals surface area contributed by atoms with E-state index in [0.717, 1.165) is 18.5 Å². The van der Waals surface area contributed by atoms with Crippen LogP contribution in [0.25, 0.3) is 0 Å². The van der Waals surface area contributed by atoms with Crippen LogP contribution in [-0.4, -0.2) is 64.6 Å². The van der Waals surface area contributed by atoms with Gasteiger partial charge in [0.15, 0.2) is 0 Å². The van der Waals surface area contributed by atoms with Crippen LogP contribution in [0, 0.1) is 5.92 Å². The number of hydrogen-bond donors (Lipinski definition) is 1. The molecule has 2 amide bonds. The van der Waals surface area contributed by atoms with Gasteiger partial charge in [0.05, 0.1) is 6.20 Å². The largest absolute Gasteiger partial charge is 0.341 e. The lowest BCUT2D eigenvalue weighted by molar-refractivity contribution is -0.136. The van der Waals surface area contributed by atoms with E-state index < -0.39 is 6.04 Å². The molecular weight excluding hydrogens is 330 g/mol. The summed E-state index contributed by atoms with van der Waals surface area (Å²) in [6, 6.07) is -0.393. The van der Waals surface area contributed by atoms with Gasteiger partial charge in [-0.2, -0.15) is 5.10 Å². The summed E-state index contributed by atoms with van der Waals surface area (Å²) in [7, 11) is 3.62. The second kappa shape index (κ2) is 9.03. The number of carbonyl (C=O) groups is 2. The van der Waals surface area contributed by atoms with Crippen LogP contribution in [0.3, 0.4) is 0 Å².